The van der Waals surface area contributed by atoms with Crippen LogP contribution in [-0.2, 0) is 0 Å². The second-order valence-corrected chi connectivity index (χ2v) is 5.87. The molecule has 1 aromatic heterocycles. The Labute approximate surface area is 159 Å². The minimum atomic E-state index is -0.692. The Morgan fingerprint density at radius 1 is 1.22 bits per heavy atom. The van der Waals surface area contributed by atoms with Crippen LogP contribution in [0.5, 0.6) is 0 Å². The van der Waals surface area contributed by atoms with Crippen molar-refractivity contribution in [3.63, 3.8) is 0 Å². The van der Waals surface area contributed by atoms with E-state index in [1.54, 1.807) is 11.6 Å². The summed E-state index contributed by atoms with van der Waals surface area (Å²) in [5, 5.41) is 19.6. The van der Waals surface area contributed by atoms with Crippen molar-refractivity contribution in [2.75, 3.05) is 0 Å². The van der Waals surface area contributed by atoms with E-state index in [0.717, 1.165) is 5.69 Å². The highest BCUT2D eigenvalue weighted by Gasteiger charge is 2.19. The summed E-state index contributed by atoms with van der Waals surface area (Å²) in [6.45, 7) is 1.76. The van der Waals surface area contributed by atoms with Gasteiger partial charge in [-0.05, 0) is 25.1 Å². The van der Waals surface area contributed by atoms with Gasteiger partial charge in [0.2, 0.25) is 0 Å². The maximum Gasteiger partial charge on any atom is 0.282 e. The lowest BCUT2D eigenvalue weighted by molar-refractivity contribution is -0.385. The zero-order chi connectivity index (χ0) is 19.4. The Morgan fingerprint density at radius 3 is 2.59 bits per heavy atom. The van der Waals surface area contributed by atoms with Gasteiger partial charge in [0, 0.05) is 6.07 Å². The minimum absolute atomic E-state index is 0.0811. The lowest BCUT2D eigenvalue weighted by Gasteiger charge is -2.02. The second-order valence-electron chi connectivity index (χ2n) is 5.51. The molecule has 0 atom stereocenters. The molecule has 1 heterocycles. The molecule has 136 valence electrons. The number of nitro groups is 1. The molecule has 2 aromatic carbocycles. The summed E-state index contributed by atoms with van der Waals surface area (Å²) in [5.74, 6) is -0.692. The molecular formula is C18H14ClN5O3. The molecular weight excluding hydrogens is 370 g/mol. The summed E-state index contributed by atoms with van der Waals surface area (Å²) < 4.78 is 1.56. The van der Waals surface area contributed by atoms with Gasteiger partial charge in [-0.15, -0.1) is 0 Å². The number of rotatable bonds is 5. The van der Waals surface area contributed by atoms with E-state index in [1.165, 1.54) is 30.5 Å². The monoisotopic (exact) mass is 383 g/mol. The molecule has 0 saturated carbocycles. The molecule has 9 heteroatoms. The summed E-state index contributed by atoms with van der Waals surface area (Å²) in [6, 6.07) is 15.0. The zero-order valence-corrected chi connectivity index (χ0v) is 14.9. The lowest BCUT2D eigenvalue weighted by atomic mass is 10.2. The Kier molecular flexibility index (Phi) is 5.28. The number of nitrogens with one attached hydrogen (secondary N) is 1. The van der Waals surface area contributed by atoms with E-state index in [-0.39, 0.29) is 11.3 Å². The van der Waals surface area contributed by atoms with E-state index in [9.17, 15) is 14.9 Å². The molecule has 0 bridgehead atoms. The average molecular weight is 384 g/mol. The number of amides is 1. The van der Waals surface area contributed by atoms with Gasteiger partial charge in [-0.3, -0.25) is 14.9 Å². The highest BCUT2D eigenvalue weighted by molar-refractivity contribution is 6.32. The van der Waals surface area contributed by atoms with Gasteiger partial charge in [0.05, 0.1) is 28.1 Å². The Morgan fingerprint density at radius 2 is 1.89 bits per heavy atom. The summed E-state index contributed by atoms with van der Waals surface area (Å²) in [6.07, 6.45) is 1.36. The van der Waals surface area contributed by atoms with E-state index >= 15 is 0 Å². The van der Waals surface area contributed by atoms with Crippen LogP contribution in [0.25, 0.3) is 5.69 Å². The normalized spacial score (nSPS) is 10.9. The van der Waals surface area contributed by atoms with Gasteiger partial charge in [0.15, 0.2) is 0 Å². The number of hydrazone groups is 1. The molecule has 0 aliphatic heterocycles. The fraction of sp³-hybridized carbons (Fsp3) is 0.0556. The Hall–Kier alpha value is -3.52. The van der Waals surface area contributed by atoms with Crippen LogP contribution in [0, 0.1) is 17.0 Å². The third-order valence-corrected chi connectivity index (χ3v) is 4.12. The minimum Gasteiger partial charge on any atom is -0.267 e. The summed E-state index contributed by atoms with van der Waals surface area (Å²) in [5.41, 5.74) is 3.84. The van der Waals surface area contributed by atoms with E-state index < -0.39 is 10.8 Å². The first-order chi connectivity index (χ1) is 13.0. The van der Waals surface area contributed by atoms with E-state index in [4.69, 9.17) is 11.6 Å². The van der Waals surface area contributed by atoms with Crippen molar-refractivity contribution in [1.82, 2.24) is 15.2 Å². The number of para-hydroxylation sites is 2. The third-order valence-electron chi connectivity index (χ3n) is 3.75. The van der Waals surface area contributed by atoms with Crippen molar-refractivity contribution in [2.45, 2.75) is 6.92 Å². The second kappa shape index (κ2) is 7.79. The fourth-order valence-corrected chi connectivity index (χ4v) is 2.76. The van der Waals surface area contributed by atoms with E-state index in [2.05, 4.69) is 15.6 Å². The van der Waals surface area contributed by atoms with Crippen molar-refractivity contribution in [3.8, 4) is 5.69 Å². The van der Waals surface area contributed by atoms with E-state index in [0.29, 0.717) is 16.4 Å². The predicted molar refractivity (Wildman–Crippen MR) is 101 cm³/mol. The van der Waals surface area contributed by atoms with Crippen LogP contribution < -0.4 is 5.43 Å². The third kappa shape index (κ3) is 3.85. The topological polar surface area (TPSA) is 102 Å². The number of nitrogens with zero attached hydrogens (tertiary/aromatic N) is 4. The maximum absolute atomic E-state index is 12.2. The molecule has 1 N–H and O–H groups in total. The highest BCUT2D eigenvalue weighted by atomic mass is 35.5. The van der Waals surface area contributed by atoms with Crippen LogP contribution >= 0.6 is 11.6 Å². The van der Waals surface area contributed by atoms with Gasteiger partial charge in [-0.25, -0.2) is 10.1 Å². The van der Waals surface area contributed by atoms with Crippen LogP contribution in [-0.4, -0.2) is 26.8 Å². The number of nitro benzene ring substituents is 1. The van der Waals surface area contributed by atoms with Crippen molar-refractivity contribution in [2.24, 2.45) is 5.10 Å². The molecule has 1 amide bonds. The molecule has 27 heavy (non-hydrogen) atoms. The Balaban J connectivity index is 1.81. The number of halogens is 1. The number of carbonyl (C=O) groups is 1. The lowest BCUT2D eigenvalue weighted by Crippen LogP contribution is -2.19. The average Bonchev–Trinajstić information content (AvgIpc) is 2.96. The van der Waals surface area contributed by atoms with Gasteiger partial charge >= 0.3 is 0 Å². The van der Waals surface area contributed by atoms with Crippen LogP contribution in [0.3, 0.4) is 0 Å². The first-order valence-electron chi connectivity index (χ1n) is 7.86. The molecule has 3 aromatic rings. The number of aryl methyl sites for hydroxylation is 1. The quantitative estimate of drug-likeness (QED) is 0.413. The smallest absolute Gasteiger partial charge is 0.267 e. The van der Waals surface area contributed by atoms with Gasteiger partial charge in [0.25, 0.3) is 11.6 Å². The number of aromatic nitrogens is 2. The highest BCUT2D eigenvalue weighted by Crippen LogP contribution is 2.22. The fourth-order valence-electron chi connectivity index (χ4n) is 2.44. The van der Waals surface area contributed by atoms with Crippen molar-refractivity contribution in [3.05, 3.63) is 86.7 Å². The molecule has 0 radical (unpaired) electrons. The van der Waals surface area contributed by atoms with Gasteiger partial charge < -0.3 is 0 Å². The molecule has 8 nitrogen and oxygen atoms in total. The molecule has 0 fully saturated rings. The zero-order valence-electron chi connectivity index (χ0n) is 14.2. The van der Waals surface area contributed by atoms with Crippen molar-refractivity contribution < 1.29 is 9.72 Å². The van der Waals surface area contributed by atoms with Gasteiger partial charge in [-0.1, -0.05) is 41.9 Å². The van der Waals surface area contributed by atoms with Crippen molar-refractivity contribution >= 4 is 29.4 Å². The summed E-state index contributed by atoms with van der Waals surface area (Å²) in [4.78, 5) is 22.6. The Bertz CT molecular complexity index is 1030. The first-order valence-corrected chi connectivity index (χ1v) is 8.24. The number of benzene rings is 2. The van der Waals surface area contributed by atoms with Crippen LogP contribution in [0.1, 0.15) is 21.6 Å². The standard InChI is InChI=1S/C18H14ClN5O3/c1-12-15(17(19)23(22-12)13-7-3-2-4-8-13)11-20-21-18(25)14-9-5-6-10-16(14)24(26)27/h2-11H,1H3,(H,21,25). The predicted octanol–water partition coefficient (Wildman–Crippen LogP) is 3.51. The molecule has 0 unspecified atom stereocenters. The van der Waals surface area contributed by atoms with Crippen LogP contribution in [0.2, 0.25) is 5.15 Å². The van der Waals surface area contributed by atoms with Crippen LogP contribution in [0.15, 0.2) is 59.7 Å². The number of carbonyl (C=O) groups excluding carboxylic acids is 1. The molecule has 0 aliphatic carbocycles. The molecule has 0 spiro atoms. The molecule has 0 aliphatic rings. The SMILES string of the molecule is Cc1nn(-c2ccccc2)c(Cl)c1C=NNC(=O)c1ccccc1[N+](=O)[O-]. The largest absolute Gasteiger partial charge is 0.282 e. The molecule has 3 rings (SSSR count). The van der Waals surface area contributed by atoms with Gasteiger partial charge in [-0.2, -0.15) is 10.2 Å². The number of hydrogen-bond donors (Lipinski definition) is 1. The van der Waals surface area contributed by atoms with Crippen molar-refractivity contribution in [1.29, 1.82) is 0 Å². The summed E-state index contributed by atoms with van der Waals surface area (Å²) in [7, 11) is 0. The first kappa shape index (κ1) is 18.3. The van der Waals surface area contributed by atoms with E-state index in [1.807, 2.05) is 30.3 Å². The number of hydrogen-bond acceptors (Lipinski definition) is 5. The van der Waals surface area contributed by atoms with Crippen LogP contribution in [0.4, 0.5) is 5.69 Å². The maximum atomic E-state index is 12.2. The summed E-state index contributed by atoms with van der Waals surface area (Å²) >= 11 is 6.37. The van der Waals surface area contributed by atoms with Gasteiger partial charge in [0.1, 0.15) is 10.7 Å². The molecule has 0 saturated heterocycles.